The van der Waals surface area contributed by atoms with Gasteiger partial charge in [-0.25, -0.2) is 0 Å². The number of aromatic nitrogens is 1. The van der Waals surface area contributed by atoms with E-state index in [0.29, 0.717) is 6.42 Å². The first-order chi connectivity index (χ1) is 9.69. The third-order valence-corrected chi connectivity index (χ3v) is 3.08. The van der Waals surface area contributed by atoms with Crippen molar-refractivity contribution in [2.45, 2.75) is 26.3 Å². The quantitative estimate of drug-likeness (QED) is 0.848. The molecular weight excluding hydrogens is 250 g/mol. The molecule has 0 aliphatic carbocycles. The van der Waals surface area contributed by atoms with Gasteiger partial charge in [0.1, 0.15) is 0 Å². The van der Waals surface area contributed by atoms with Gasteiger partial charge in [0.05, 0.1) is 0 Å². The number of nitrogens with zero attached hydrogens (tertiary/aromatic N) is 1. The molecule has 0 spiro atoms. The van der Waals surface area contributed by atoms with Crippen LogP contribution in [0.4, 0.5) is 5.69 Å². The molecular formula is C16H21N3O. The largest absolute Gasteiger partial charge is 0.326 e. The lowest BCUT2D eigenvalue weighted by atomic mass is 10.2. The summed E-state index contributed by atoms with van der Waals surface area (Å²) in [4.78, 5) is 11.9. The summed E-state index contributed by atoms with van der Waals surface area (Å²) in [7, 11) is 0. The van der Waals surface area contributed by atoms with Gasteiger partial charge in [0.25, 0.3) is 0 Å². The van der Waals surface area contributed by atoms with Crippen molar-refractivity contribution in [1.82, 2.24) is 9.88 Å². The van der Waals surface area contributed by atoms with E-state index in [2.05, 4.69) is 10.6 Å². The number of carbonyl (C=O) groups is 1. The van der Waals surface area contributed by atoms with Crippen LogP contribution in [0.25, 0.3) is 5.69 Å². The maximum absolute atomic E-state index is 11.9. The van der Waals surface area contributed by atoms with Crippen molar-refractivity contribution in [2.24, 2.45) is 0 Å². The molecule has 0 aliphatic heterocycles. The van der Waals surface area contributed by atoms with Gasteiger partial charge in [-0.15, -0.1) is 0 Å². The van der Waals surface area contributed by atoms with Crippen molar-refractivity contribution in [3.63, 3.8) is 0 Å². The Hall–Kier alpha value is -2.07. The molecule has 1 amide bonds. The maximum atomic E-state index is 11.9. The van der Waals surface area contributed by atoms with Crippen LogP contribution in [0.5, 0.6) is 0 Å². The van der Waals surface area contributed by atoms with E-state index in [9.17, 15) is 4.79 Å². The normalized spacial score (nSPS) is 12.1. The molecule has 20 heavy (non-hydrogen) atoms. The highest BCUT2D eigenvalue weighted by Crippen LogP contribution is 2.15. The molecule has 4 nitrogen and oxygen atoms in total. The zero-order chi connectivity index (χ0) is 14.4. The van der Waals surface area contributed by atoms with Gasteiger partial charge in [-0.05, 0) is 43.8 Å². The average molecular weight is 271 g/mol. The lowest BCUT2D eigenvalue weighted by Gasteiger charge is -2.13. The SMILES string of the molecule is CCNC(C)CC(=O)Nc1cccc(-n2cccc2)c1. The highest BCUT2D eigenvalue weighted by atomic mass is 16.1. The fourth-order valence-electron chi connectivity index (χ4n) is 2.16. The van der Waals surface area contributed by atoms with Crippen LogP contribution in [0.2, 0.25) is 0 Å². The predicted octanol–water partition coefficient (Wildman–Crippen LogP) is 2.80. The zero-order valence-electron chi connectivity index (χ0n) is 12.0. The topological polar surface area (TPSA) is 46.1 Å². The lowest BCUT2D eigenvalue weighted by molar-refractivity contribution is -0.116. The number of amides is 1. The smallest absolute Gasteiger partial charge is 0.225 e. The summed E-state index contributed by atoms with van der Waals surface area (Å²) < 4.78 is 2.01. The Morgan fingerprint density at radius 2 is 2.00 bits per heavy atom. The molecule has 0 bridgehead atoms. The van der Waals surface area contributed by atoms with Crippen LogP contribution in [0.1, 0.15) is 20.3 Å². The number of rotatable bonds is 6. The summed E-state index contributed by atoms with van der Waals surface area (Å²) in [6.45, 7) is 4.92. The van der Waals surface area contributed by atoms with E-state index in [1.807, 2.05) is 67.2 Å². The molecule has 4 heteroatoms. The van der Waals surface area contributed by atoms with E-state index in [1.54, 1.807) is 0 Å². The van der Waals surface area contributed by atoms with Gasteiger partial charge < -0.3 is 15.2 Å². The fraction of sp³-hybridized carbons (Fsp3) is 0.312. The molecule has 1 aromatic carbocycles. The van der Waals surface area contributed by atoms with Crippen molar-refractivity contribution in [3.8, 4) is 5.69 Å². The molecule has 0 saturated heterocycles. The summed E-state index contributed by atoms with van der Waals surface area (Å²) in [6.07, 6.45) is 4.43. The molecule has 0 saturated carbocycles. The fourth-order valence-corrected chi connectivity index (χ4v) is 2.16. The van der Waals surface area contributed by atoms with Crippen LogP contribution in [0, 0.1) is 0 Å². The second-order valence-electron chi connectivity index (χ2n) is 4.85. The van der Waals surface area contributed by atoms with Gasteiger partial charge in [-0.3, -0.25) is 4.79 Å². The third-order valence-electron chi connectivity index (χ3n) is 3.08. The Balaban J connectivity index is 1.99. The van der Waals surface area contributed by atoms with Gasteiger partial charge in [-0.2, -0.15) is 0 Å². The summed E-state index contributed by atoms with van der Waals surface area (Å²) >= 11 is 0. The van der Waals surface area contributed by atoms with Gasteiger partial charge in [0.15, 0.2) is 0 Å². The van der Waals surface area contributed by atoms with E-state index in [4.69, 9.17) is 0 Å². The Kier molecular flexibility index (Phi) is 4.96. The predicted molar refractivity (Wildman–Crippen MR) is 82.2 cm³/mol. The van der Waals surface area contributed by atoms with E-state index in [1.165, 1.54) is 0 Å². The Morgan fingerprint density at radius 1 is 1.25 bits per heavy atom. The van der Waals surface area contributed by atoms with Crippen LogP contribution in [-0.4, -0.2) is 23.1 Å². The second kappa shape index (κ2) is 6.91. The summed E-state index contributed by atoms with van der Waals surface area (Å²) in [6, 6.07) is 12.0. The van der Waals surface area contributed by atoms with Crippen LogP contribution < -0.4 is 10.6 Å². The number of carbonyl (C=O) groups excluding carboxylic acids is 1. The highest BCUT2D eigenvalue weighted by molar-refractivity contribution is 5.91. The van der Waals surface area contributed by atoms with Gasteiger partial charge >= 0.3 is 0 Å². The van der Waals surface area contributed by atoms with Gasteiger partial charge in [0.2, 0.25) is 5.91 Å². The Morgan fingerprint density at radius 3 is 2.70 bits per heavy atom. The number of hydrogen-bond acceptors (Lipinski definition) is 2. The van der Waals surface area contributed by atoms with Crippen LogP contribution in [0.15, 0.2) is 48.8 Å². The molecule has 106 valence electrons. The van der Waals surface area contributed by atoms with Gasteiger partial charge in [0, 0.05) is 36.2 Å². The second-order valence-corrected chi connectivity index (χ2v) is 4.85. The summed E-state index contributed by atoms with van der Waals surface area (Å²) in [5.41, 5.74) is 1.86. The molecule has 2 rings (SSSR count). The van der Waals surface area contributed by atoms with Crippen LogP contribution >= 0.6 is 0 Å². The van der Waals surface area contributed by atoms with Crippen molar-refractivity contribution in [1.29, 1.82) is 0 Å². The first-order valence-corrected chi connectivity index (χ1v) is 6.95. The standard InChI is InChI=1S/C16H21N3O/c1-3-17-13(2)11-16(20)18-14-7-6-8-15(12-14)19-9-4-5-10-19/h4-10,12-13,17H,3,11H2,1-2H3,(H,18,20). The minimum Gasteiger partial charge on any atom is -0.326 e. The number of nitrogens with one attached hydrogen (secondary N) is 2. The lowest BCUT2D eigenvalue weighted by Crippen LogP contribution is -2.30. The third kappa shape index (κ3) is 3.96. The van der Waals surface area contributed by atoms with Crippen molar-refractivity contribution in [3.05, 3.63) is 48.8 Å². The molecule has 1 atom stereocenters. The number of benzene rings is 1. The minimum atomic E-state index is 0.0307. The first-order valence-electron chi connectivity index (χ1n) is 6.95. The molecule has 0 fully saturated rings. The highest BCUT2D eigenvalue weighted by Gasteiger charge is 2.08. The molecule has 2 aromatic rings. The Bertz CT molecular complexity index is 549. The van der Waals surface area contributed by atoms with Crippen molar-refractivity contribution < 1.29 is 4.79 Å². The van der Waals surface area contributed by atoms with Crippen molar-refractivity contribution in [2.75, 3.05) is 11.9 Å². The molecule has 0 radical (unpaired) electrons. The average Bonchev–Trinajstić information content (AvgIpc) is 2.92. The number of hydrogen-bond donors (Lipinski definition) is 2. The zero-order valence-corrected chi connectivity index (χ0v) is 12.0. The monoisotopic (exact) mass is 271 g/mol. The molecule has 1 unspecified atom stereocenters. The first kappa shape index (κ1) is 14.3. The molecule has 0 aliphatic rings. The van der Waals surface area contributed by atoms with Gasteiger partial charge in [-0.1, -0.05) is 13.0 Å². The summed E-state index contributed by atoms with van der Waals surface area (Å²) in [5.74, 6) is 0.0307. The minimum absolute atomic E-state index is 0.0307. The number of anilines is 1. The van der Waals surface area contributed by atoms with Crippen LogP contribution in [0.3, 0.4) is 0 Å². The summed E-state index contributed by atoms with van der Waals surface area (Å²) in [5, 5.41) is 6.17. The van der Waals surface area contributed by atoms with E-state index >= 15 is 0 Å². The van der Waals surface area contributed by atoms with E-state index in [0.717, 1.165) is 17.9 Å². The molecule has 1 heterocycles. The molecule has 1 aromatic heterocycles. The maximum Gasteiger partial charge on any atom is 0.225 e. The molecule has 2 N–H and O–H groups in total. The Labute approximate surface area is 119 Å². The van der Waals surface area contributed by atoms with E-state index in [-0.39, 0.29) is 11.9 Å². The van der Waals surface area contributed by atoms with Crippen molar-refractivity contribution >= 4 is 11.6 Å². The van der Waals surface area contributed by atoms with Crippen LogP contribution in [-0.2, 0) is 4.79 Å². The van der Waals surface area contributed by atoms with E-state index < -0.39 is 0 Å².